The van der Waals surface area contributed by atoms with Gasteiger partial charge in [-0.15, -0.1) is 0 Å². The second-order valence-corrected chi connectivity index (χ2v) is 3.70. The van der Waals surface area contributed by atoms with Gasteiger partial charge < -0.3 is 15.3 Å². The van der Waals surface area contributed by atoms with Crippen LogP contribution < -0.4 is 0 Å². The minimum absolute atomic E-state index is 0.0978. The van der Waals surface area contributed by atoms with Crippen molar-refractivity contribution < 1.29 is 15.3 Å². The Morgan fingerprint density at radius 2 is 1.86 bits per heavy atom. The number of aliphatic hydroxyl groups excluding tert-OH is 3. The summed E-state index contributed by atoms with van der Waals surface area (Å²) in [6.45, 7) is -0.186. The SMILES string of the molecule is OCCC(O)C(O)c1ncc(Br)cn1. The molecule has 0 amide bonds. The smallest absolute Gasteiger partial charge is 0.159 e. The molecule has 0 aliphatic carbocycles. The molecule has 3 N–H and O–H groups in total. The highest BCUT2D eigenvalue weighted by atomic mass is 79.9. The van der Waals surface area contributed by atoms with Crippen LogP contribution in [0.2, 0.25) is 0 Å². The fourth-order valence-electron chi connectivity index (χ4n) is 0.937. The third kappa shape index (κ3) is 2.98. The lowest BCUT2D eigenvalue weighted by Crippen LogP contribution is -2.21. The van der Waals surface area contributed by atoms with Gasteiger partial charge in [-0.25, -0.2) is 9.97 Å². The molecule has 1 heterocycles. The van der Waals surface area contributed by atoms with Gasteiger partial charge in [0.05, 0.1) is 10.6 Å². The standard InChI is InChI=1S/C8H11BrN2O3/c9-5-3-10-8(11-4-5)7(14)6(13)1-2-12/h3-4,6-7,12-14H,1-2H2. The van der Waals surface area contributed by atoms with Crippen LogP contribution in [0.3, 0.4) is 0 Å². The van der Waals surface area contributed by atoms with Gasteiger partial charge in [-0.2, -0.15) is 0 Å². The van der Waals surface area contributed by atoms with Crippen LogP contribution in [-0.4, -0.2) is 38.0 Å². The van der Waals surface area contributed by atoms with Gasteiger partial charge in [-0.3, -0.25) is 0 Å². The van der Waals surface area contributed by atoms with E-state index in [0.717, 1.165) is 0 Å². The van der Waals surface area contributed by atoms with Crippen molar-refractivity contribution in [3.8, 4) is 0 Å². The number of halogens is 1. The lowest BCUT2D eigenvalue weighted by molar-refractivity contribution is -0.000623. The highest BCUT2D eigenvalue weighted by molar-refractivity contribution is 9.10. The summed E-state index contributed by atoms with van der Waals surface area (Å²) in [6.07, 6.45) is 0.867. The average molecular weight is 263 g/mol. The molecular weight excluding hydrogens is 252 g/mol. The lowest BCUT2D eigenvalue weighted by atomic mass is 10.1. The molecule has 0 aromatic carbocycles. The molecule has 0 saturated carbocycles. The molecule has 78 valence electrons. The van der Waals surface area contributed by atoms with Gasteiger partial charge in [0.2, 0.25) is 0 Å². The fraction of sp³-hybridized carbons (Fsp3) is 0.500. The molecule has 0 aliphatic rings. The van der Waals surface area contributed by atoms with Gasteiger partial charge in [-0.05, 0) is 22.4 Å². The average Bonchev–Trinajstić information content (AvgIpc) is 2.18. The normalized spacial score (nSPS) is 15.1. The Bertz CT molecular complexity index is 280. The summed E-state index contributed by atoms with van der Waals surface area (Å²) in [5.74, 6) is 0.147. The monoisotopic (exact) mass is 262 g/mol. The van der Waals surface area contributed by atoms with E-state index in [1.807, 2.05) is 0 Å². The predicted molar refractivity (Wildman–Crippen MR) is 52.4 cm³/mol. The number of hydrogen-bond donors (Lipinski definition) is 3. The Balaban J connectivity index is 2.68. The summed E-state index contributed by atoms with van der Waals surface area (Å²) in [5, 5.41) is 27.4. The molecule has 1 rings (SSSR count). The van der Waals surface area contributed by atoms with Crippen LogP contribution in [0.5, 0.6) is 0 Å². The first-order valence-corrected chi connectivity index (χ1v) is 4.89. The largest absolute Gasteiger partial charge is 0.396 e. The number of hydrogen-bond acceptors (Lipinski definition) is 5. The summed E-state index contributed by atoms with van der Waals surface area (Å²) >= 11 is 3.15. The second kappa shape index (κ2) is 5.35. The Morgan fingerprint density at radius 1 is 1.29 bits per heavy atom. The zero-order valence-corrected chi connectivity index (χ0v) is 8.92. The Kier molecular flexibility index (Phi) is 4.40. The summed E-state index contributed by atoms with van der Waals surface area (Å²) in [6, 6.07) is 0. The van der Waals surface area contributed by atoms with E-state index in [9.17, 15) is 10.2 Å². The van der Waals surface area contributed by atoms with Crippen molar-refractivity contribution in [1.29, 1.82) is 0 Å². The van der Waals surface area contributed by atoms with E-state index in [0.29, 0.717) is 4.47 Å². The number of nitrogens with zero attached hydrogens (tertiary/aromatic N) is 2. The first-order valence-electron chi connectivity index (χ1n) is 4.09. The van der Waals surface area contributed by atoms with E-state index in [1.54, 1.807) is 0 Å². The maximum atomic E-state index is 9.51. The topological polar surface area (TPSA) is 86.5 Å². The highest BCUT2D eigenvalue weighted by Gasteiger charge is 2.19. The molecule has 1 aromatic heterocycles. The third-order valence-corrected chi connectivity index (χ3v) is 2.10. The van der Waals surface area contributed by atoms with Crippen LogP contribution in [0.4, 0.5) is 0 Å². The van der Waals surface area contributed by atoms with Crippen molar-refractivity contribution >= 4 is 15.9 Å². The van der Waals surface area contributed by atoms with E-state index < -0.39 is 12.2 Å². The van der Waals surface area contributed by atoms with Crippen LogP contribution in [0.25, 0.3) is 0 Å². The Labute approximate surface area is 89.6 Å². The minimum Gasteiger partial charge on any atom is -0.396 e. The van der Waals surface area contributed by atoms with Crippen molar-refractivity contribution in [2.75, 3.05) is 6.61 Å². The maximum absolute atomic E-state index is 9.51. The molecule has 0 saturated heterocycles. The number of aliphatic hydroxyl groups is 3. The van der Waals surface area contributed by atoms with Crippen molar-refractivity contribution in [1.82, 2.24) is 9.97 Å². The minimum atomic E-state index is -1.16. The van der Waals surface area contributed by atoms with Gasteiger partial charge in [0.1, 0.15) is 6.10 Å². The molecule has 5 nitrogen and oxygen atoms in total. The van der Waals surface area contributed by atoms with E-state index in [4.69, 9.17) is 5.11 Å². The Morgan fingerprint density at radius 3 is 2.36 bits per heavy atom. The van der Waals surface area contributed by atoms with Gasteiger partial charge >= 0.3 is 0 Å². The molecule has 2 atom stereocenters. The van der Waals surface area contributed by atoms with Crippen LogP contribution in [0, 0.1) is 0 Å². The molecule has 14 heavy (non-hydrogen) atoms. The molecule has 0 aliphatic heterocycles. The molecule has 6 heteroatoms. The van der Waals surface area contributed by atoms with Gasteiger partial charge in [0.15, 0.2) is 5.82 Å². The summed E-state index contributed by atoms with van der Waals surface area (Å²) < 4.78 is 0.699. The highest BCUT2D eigenvalue weighted by Crippen LogP contribution is 2.15. The second-order valence-electron chi connectivity index (χ2n) is 2.78. The van der Waals surface area contributed by atoms with E-state index in [-0.39, 0.29) is 18.9 Å². The van der Waals surface area contributed by atoms with Crippen LogP contribution in [0.15, 0.2) is 16.9 Å². The fourth-order valence-corrected chi connectivity index (χ4v) is 1.14. The molecule has 0 spiro atoms. The molecular formula is C8H11BrN2O3. The predicted octanol–water partition coefficient (Wildman–Crippen LogP) is 0.0158. The van der Waals surface area contributed by atoms with Gasteiger partial charge in [0, 0.05) is 19.0 Å². The van der Waals surface area contributed by atoms with E-state index in [1.165, 1.54) is 12.4 Å². The van der Waals surface area contributed by atoms with Crippen molar-refractivity contribution in [2.45, 2.75) is 18.6 Å². The van der Waals surface area contributed by atoms with E-state index in [2.05, 4.69) is 25.9 Å². The molecule has 2 unspecified atom stereocenters. The Hall–Kier alpha value is -0.560. The first-order chi connectivity index (χ1) is 6.65. The number of rotatable bonds is 4. The summed E-state index contributed by atoms with van der Waals surface area (Å²) in [4.78, 5) is 7.66. The molecule has 0 radical (unpaired) electrons. The van der Waals surface area contributed by atoms with Crippen molar-refractivity contribution in [3.63, 3.8) is 0 Å². The van der Waals surface area contributed by atoms with Crippen molar-refractivity contribution in [2.24, 2.45) is 0 Å². The lowest BCUT2D eigenvalue weighted by Gasteiger charge is -2.14. The quantitative estimate of drug-likeness (QED) is 0.712. The van der Waals surface area contributed by atoms with Crippen LogP contribution >= 0.6 is 15.9 Å². The molecule has 0 bridgehead atoms. The number of aromatic nitrogens is 2. The maximum Gasteiger partial charge on any atom is 0.159 e. The van der Waals surface area contributed by atoms with E-state index >= 15 is 0 Å². The summed E-state index contributed by atoms with van der Waals surface area (Å²) in [7, 11) is 0. The first kappa shape index (κ1) is 11.5. The van der Waals surface area contributed by atoms with Crippen molar-refractivity contribution in [3.05, 3.63) is 22.7 Å². The van der Waals surface area contributed by atoms with Crippen LogP contribution in [0.1, 0.15) is 18.3 Å². The van der Waals surface area contributed by atoms with Gasteiger partial charge in [0.25, 0.3) is 0 Å². The zero-order chi connectivity index (χ0) is 10.6. The zero-order valence-electron chi connectivity index (χ0n) is 7.34. The van der Waals surface area contributed by atoms with Crippen LogP contribution in [-0.2, 0) is 0 Å². The summed E-state index contributed by atoms with van der Waals surface area (Å²) in [5.41, 5.74) is 0. The molecule has 1 aromatic rings. The molecule has 0 fully saturated rings. The van der Waals surface area contributed by atoms with Gasteiger partial charge in [-0.1, -0.05) is 0 Å². The third-order valence-electron chi connectivity index (χ3n) is 1.69.